The molecule has 0 spiro atoms. The summed E-state index contributed by atoms with van der Waals surface area (Å²) < 4.78 is 0. The molecule has 0 bridgehead atoms. The van der Waals surface area contributed by atoms with Crippen LogP contribution in [0.25, 0.3) is 6.08 Å². The van der Waals surface area contributed by atoms with Crippen molar-refractivity contribution in [2.75, 3.05) is 5.73 Å². The van der Waals surface area contributed by atoms with Gasteiger partial charge in [0.15, 0.2) is 0 Å². The van der Waals surface area contributed by atoms with Crippen LogP contribution in [0.5, 0.6) is 0 Å². The molecule has 4 heteroatoms. The molecule has 20 heavy (non-hydrogen) atoms. The standard InChI is InChI=1S/C16H15N3O/c17-15-11-5-4-10-14(15)16(20)19-18-12-6-9-13-7-2-1-3-8-13/h1-12H,17H2,(H,19,20)/b9-6+,18-12-. The Morgan fingerprint density at radius 1 is 1.05 bits per heavy atom. The second kappa shape index (κ2) is 6.89. The van der Waals surface area contributed by atoms with E-state index in [2.05, 4.69) is 10.5 Å². The van der Waals surface area contributed by atoms with Gasteiger partial charge >= 0.3 is 0 Å². The first-order valence-electron chi connectivity index (χ1n) is 6.17. The molecule has 3 N–H and O–H groups in total. The van der Waals surface area contributed by atoms with Crippen molar-refractivity contribution in [3.63, 3.8) is 0 Å². The third-order valence-electron chi connectivity index (χ3n) is 2.62. The van der Waals surface area contributed by atoms with E-state index in [0.29, 0.717) is 11.3 Å². The average molecular weight is 265 g/mol. The molecule has 2 aromatic carbocycles. The fourth-order valence-electron chi connectivity index (χ4n) is 1.62. The Kier molecular flexibility index (Phi) is 4.67. The monoisotopic (exact) mass is 265 g/mol. The van der Waals surface area contributed by atoms with Gasteiger partial charge in [-0.3, -0.25) is 4.79 Å². The second-order valence-corrected chi connectivity index (χ2v) is 4.08. The molecule has 0 unspecified atom stereocenters. The van der Waals surface area contributed by atoms with Crippen molar-refractivity contribution >= 4 is 23.9 Å². The van der Waals surface area contributed by atoms with Gasteiger partial charge in [-0.05, 0) is 23.8 Å². The lowest BCUT2D eigenvalue weighted by Crippen LogP contribution is -2.18. The zero-order valence-electron chi connectivity index (χ0n) is 10.9. The van der Waals surface area contributed by atoms with Gasteiger partial charge < -0.3 is 5.73 Å². The Balaban J connectivity index is 1.89. The number of nitrogens with zero attached hydrogens (tertiary/aromatic N) is 1. The number of benzene rings is 2. The number of carbonyl (C=O) groups excluding carboxylic acids is 1. The van der Waals surface area contributed by atoms with E-state index in [1.807, 2.05) is 36.4 Å². The second-order valence-electron chi connectivity index (χ2n) is 4.08. The minimum absolute atomic E-state index is 0.326. The number of anilines is 1. The number of carbonyl (C=O) groups is 1. The van der Waals surface area contributed by atoms with Gasteiger partial charge in [-0.1, -0.05) is 48.5 Å². The molecule has 2 aromatic rings. The van der Waals surface area contributed by atoms with Crippen LogP contribution in [0.3, 0.4) is 0 Å². The first-order valence-corrected chi connectivity index (χ1v) is 6.17. The molecule has 0 aliphatic rings. The predicted octanol–water partition coefficient (Wildman–Crippen LogP) is 2.70. The molecule has 0 saturated carbocycles. The molecule has 2 rings (SSSR count). The highest BCUT2D eigenvalue weighted by Gasteiger charge is 2.06. The Labute approximate surface area is 117 Å². The molecular weight excluding hydrogens is 250 g/mol. The maximum Gasteiger partial charge on any atom is 0.273 e. The summed E-state index contributed by atoms with van der Waals surface area (Å²) in [6.45, 7) is 0. The van der Waals surface area contributed by atoms with Gasteiger partial charge in [0.25, 0.3) is 5.91 Å². The highest BCUT2D eigenvalue weighted by Crippen LogP contribution is 2.09. The van der Waals surface area contributed by atoms with Crippen LogP contribution in [0.15, 0.2) is 65.8 Å². The lowest BCUT2D eigenvalue weighted by Gasteiger charge is -2.02. The summed E-state index contributed by atoms with van der Waals surface area (Å²) in [7, 11) is 0. The van der Waals surface area contributed by atoms with Crippen LogP contribution in [0.2, 0.25) is 0 Å². The highest BCUT2D eigenvalue weighted by molar-refractivity contribution is 5.99. The Morgan fingerprint density at radius 3 is 2.50 bits per heavy atom. The lowest BCUT2D eigenvalue weighted by atomic mass is 10.2. The molecule has 100 valence electrons. The van der Waals surface area contributed by atoms with Crippen molar-refractivity contribution in [2.24, 2.45) is 5.10 Å². The maximum atomic E-state index is 11.8. The van der Waals surface area contributed by atoms with Crippen molar-refractivity contribution in [1.82, 2.24) is 5.43 Å². The summed E-state index contributed by atoms with van der Waals surface area (Å²) in [5.74, 6) is -0.326. The zero-order chi connectivity index (χ0) is 14.2. The number of hydrogen-bond acceptors (Lipinski definition) is 3. The summed E-state index contributed by atoms with van der Waals surface area (Å²) in [6, 6.07) is 16.7. The summed E-state index contributed by atoms with van der Waals surface area (Å²) in [5.41, 5.74) is 10.0. The van der Waals surface area contributed by atoms with Gasteiger partial charge in [-0.25, -0.2) is 5.43 Å². The minimum atomic E-state index is -0.326. The number of nitrogens with one attached hydrogen (secondary N) is 1. The topological polar surface area (TPSA) is 67.5 Å². The van der Waals surface area contributed by atoms with Crippen LogP contribution in [-0.4, -0.2) is 12.1 Å². The largest absolute Gasteiger partial charge is 0.398 e. The minimum Gasteiger partial charge on any atom is -0.398 e. The first kappa shape index (κ1) is 13.5. The van der Waals surface area contributed by atoms with Crippen LogP contribution >= 0.6 is 0 Å². The van der Waals surface area contributed by atoms with Gasteiger partial charge in [-0.15, -0.1) is 0 Å². The fraction of sp³-hybridized carbons (Fsp3) is 0. The Bertz CT molecular complexity index is 633. The summed E-state index contributed by atoms with van der Waals surface area (Å²) in [6.07, 6.45) is 5.17. The molecule has 0 heterocycles. The Hall–Kier alpha value is -2.88. The van der Waals surface area contributed by atoms with E-state index in [9.17, 15) is 4.79 Å². The first-order chi connectivity index (χ1) is 9.77. The number of para-hydroxylation sites is 1. The Morgan fingerprint density at radius 2 is 1.75 bits per heavy atom. The third kappa shape index (κ3) is 3.81. The van der Waals surface area contributed by atoms with Gasteiger partial charge in [0.05, 0.1) is 5.56 Å². The van der Waals surface area contributed by atoms with E-state index in [-0.39, 0.29) is 5.91 Å². The van der Waals surface area contributed by atoms with Crippen molar-refractivity contribution < 1.29 is 4.79 Å². The van der Waals surface area contributed by atoms with E-state index in [0.717, 1.165) is 5.56 Å². The summed E-state index contributed by atoms with van der Waals surface area (Å²) >= 11 is 0. The third-order valence-corrected chi connectivity index (χ3v) is 2.62. The number of amides is 1. The van der Waals surface area contributed by atoms with Crippen molar-refractivity contribution in [3.8, 4) is 0 Å². The quantitative estimate of drug-likeness (QED) is 0.507. The molecule has 0 saturated heterocycles. The number of nitrogens with two attached hydrogens (primary N) is 1. The number of hydrogen-bond donors (Lipinski definition) is 2. The number of nitrogen functional groups attached to an aromatic ring is 1. The van der Waals surface area contributed by atoms with Crippen LogP contribution in [0.4, 0.5) is 5.69 Å². The van der Waals surface area contributed by atoms with Crippen LogP contribution in [0.1, 0.15) is 15.9 Å². The van der Waals surface area contributed by atoms with Crippen molar-refractivity contribution in [1.29, 1.82) is 0 Å². The molecule has 0 aliphatic heterocycles. The molecule has 0 atom stereocenters. The molecule has 0 aromatic heterocycles. The maximum absolute atomic E-state index is 11.8. The molecule has 0 radical (unpaired) electrons. The zero-order valence-corrected chi connectivity index (χ0v) is 10.9. The van der Waals surface area contributed by atoms with Crippen molar-refractivity contribution in [2.45, 2.75) is 0 Å². The molecule has 0 aliphatic carbocycles. The number of allylic oxidation sites excluding steroid dienone is 1. The van der Waals surface area contributed by atoms with Gasteiger partial charge in [-0.2, -0.15) is 5.10 Å². The number of hydrazone groups is 1. The van der Waals surface area contributed by atoms with Gasteiger partial charge in [0.1, 0.15) is 0 Å². The summed E-state index contributed by atoms with van der Waals surface area (Å²) in [5, 5.41) is 3.84. The number of rotatable bonds is 4. The normalized spacial score (nSPS) is 11.0. The van der Waals surface area contributed by atoms with Gasteiger partial charge in [0, 0.05) is 11.9 Å². The highest BCUT2D eigenvalue weighted by atomic mass is 16.2. The van der Waals surface area contributed by atoms with E-state index in [4.69, 9.17) is 5.73 Å². The van der Waals surface area contributed by atoms with Crippen molar-refractivity contribution in [3.05, 3.63) is 71.8 Å². The fourth-order valence-corrected chi connectivity index (χ4v) is 1.62. The predicted molar refractivity (Wildman–Crippen MR) is 82.3 cm³/mol. The van der Waals surface area contributed by atoms with Crippen LogP contribution in [-0.2, 0) is 0 Å². The SMILES string of the molecule is Nc1ccccc1C(=O)N/N=C\C=C\c1ccccc1. The van der Waals surface area contributed by atoms with E-state index < -0.39 is 0 Å². The average Bonchev–Trinajstić information content (AvgIpc) is 2.48. The summed E-state index contributed by atoms with van der Waals surface area (Å²) in [4.78, 5) is 11.8. The van der Waals surface area contributed by atoms with E-state index in [1.54, 1.807) is 30.3 Å². The van der Waals surface area contributed by atoms with E-state index in [1.165, 1.54) is 6.21 Å². The molecule has 0 fully saturated rings. The van der Waals surface area contributed by atoms with E-state index >= 15 is 0 Å². The van der Waals surface area contributed by atoms with Gasteiger partial charge in [0.2, 0.25) is 0 Å². The lowest BCUT2D eigenvalue weighted by molar-refractivity contribution is 0.0956. The molecular formula is C16H15N3O. The molecule has 4 nitrogen and oxygen atoms in total. The molecule has 1 amide bonds. The van der Waals surface area contributed by atoms with Crippen LogP contribution in [0, 0.1) is 0 Å². The smallest absolute Gasteiger partial charge is 0.273 e. The van der Waals surface area contributed by atoms with Crippen LogP contribution < -0.4 is 11.2 Å².